The van der Waals surface area contributed by atoms with Crippen LogP contribution in [-0.4, -0.2) is 22.9 Å². The summed E-state index contributed by atoms with van der Waals surface area (Å²) in [6, 6.07) is 15.9. The van der Waals surface area contributed by atoms with E-state index in [1.54, 1.807) is 12.4 Å². The fraction of sp³-hybridized carbons (Fsp3) is 0.190. The maximum atomic E-state index is 12.4. The SMILES string of the molecule is Cc1ccc(NC(=O)c2cnc(N(C)Cc3ccccc3)nc2)cc1C. The van der Waals surface area contributed by atoms with Crippen LogP contribution in [0, 0.1) is 13.8 Å². The lowest BCUT2D eigenvalue weighted by Gasteiger charge is -2.17. The molecule has 2 aromatic carbocycles. The average Bonchev–Trinajstić information content (AvgIpc) is 2.65. The molecule has 0 saturated carbocycles. The Kier molecular flexibility index (Phi) is 5.27. The number of nitrogens with zero attached hydrogens (tertiary/aromatic N) is 3. The highest BCUT2D eigenvalue weighted by atomic mass is 16.1. The zero-order chi connectivity index (χ0) is 18.5. The van der Waals surface area contributed by atoms with Gasteiger partial charge in [0.15, 0.2) is 0 Å². The molecule has 5 nitrogen and oxygen atoms in total. The Labute approximate surface area is 153 Å². The van der Waals surface area contributed by atoms with E-state index in [0.29, 0.717) is 18.1 Å². The number of hydrogen-bond acceptors (Lipinski definition) is 4. The number of amides is 1. The Hall–Kier alpha value is -3.21. The first kappa shape index (κ1) is 17.6. The van der Waals surface area contributed by atoms with Crippen LogP contribution < -0.4 is 10.2 Å². The van der Waals surface area contributed by atoms with Gasteiger partial charge in [-0.15, -0.1) is 0 Å². The van der Waals surface area contributed by atoms with E-state index in [9.17, 15) is 4.79 Å². The van der Waals surface area contributed by atoms with Crippen molar-refractivity contribution in [2.24, 2.45) is 0 Å². The predicted octanol–water partition coefficient (Wildman–Crippen LogP) is 3.98. The van der Waals surface area contributed by atoms with E-state index >= 15 is 0 Å². The van der Waals surface area contributed by atoms with Gasteiger partial charge < -0.3 is 10.2 Å². The van der Waals surface area contributed by atoms with Crippen LogP contribution >= 0.6 is 0 Å². The van der Waals surface area contributed by atoms with Crippen molar-refractivity contribution in [3.63, 3.8) is 0 Å². The van der Waals surface area contributed by atoms with Crippen molar-refractivity contribution < 1.29 is 4.79 Å². The van der Waals surface area contributed by atoms with E-state index in [0.717, 1.165) is 11.3 Å². The van der Waals surface area contributed by atoms with Gasteiger partial charge in [0.05, 0.1) is 5.56 Å². The minimum Gasteiger partial charge on any atom is -0.340 e. The van der Waals surface area contributed by atoms with Gasteiger partial charge in [0.25, 0.3) is 5.91 Å². The molecule has 5 heteroatoms. The van der Waals surface area contributed by atoms with Crippen LogP contribution in [0.3, 0.4) is 0 Å². The maximum absolute atomic E-state index is 12.4. The molecule has 3 aromatic rings. The van der Waals surface area contributed by atoms with Gasteiger partial charge in [0.1, 0.15) is 0 Å². The largest absolute Gasteiger partial charge is 0.340 e. The molecule has 0 fully saturated rings. The number of nitrogens with one attached hydrogen (secondary N) is 1. The summed E-state index contributed by atoms with van der Waals surface area (Å²) in [6.07, 6.45) is 3.11. The average molecular weight is 346 g/mol. The molecule has 0 aliphatic heterocycles. The van der Waals surface area contributed by atoms with Gasteiger partial charge in [-0.05, 0) is 42.7 Å². The van der Waals surface area contributed by atoms with Gasteiger partial charge >= 0.3 is 0 Å². The number of anilines is 2. The molecule has 1 N–H and O–H groups in total. The van der Waals surface area contributed by atoms with Crippen molar-refractivity contribution in [3.05, 3.63) is 83.2 Å². The van der Waals surface area contributed by atoms with Crippen LogP contribution in [0.4, 0.5) is 11.6 Å². The molecule has 0 aliphatic rings. The highest BCUT2D eigenvalue weighted by Crippen LogP contribution is 2.16. The second-order valence-electron chi connectivity index (χ2n) is 6.37. The van der Waals surface area contributed by atoms with Crippen molar-refractivity contribution in [2.45, 2.75) is 20.4 Å². The van der Waals surface area contributed by atoms with E-state index in [1.807, 2.05) is 62.2 Å². The summed E-state index contributed by atoms with van der Waals surface area (Å²) in [5.74, 6) is 0.363. The van der Waals surface area contributed by atoms with Crippen molar-refractivity contribution in [3.8, 4) is 0 Å². The molecular formula is C21H22N4O. The summed E-state index contributed by atoms with van der Waals surface area (Å²) in [4.78, 5) is 23.0. The number of carbonyl (C=O) groups is 1. The number of hydrogen-bond donors (Lipinski definition) is 1. The number of rotatable bonds is 5. The van der Waals surface area contributed by atoms with E-state index in [-0.39, 0.29) is 5.91 Å². The van der Waals surface area contributed by atoms with Crippen LogP contribution in [0.1, 0.15) is 27.0 Å². The van der Waals surface area contributed by atoms with Crippen LogP contribution in [0.5, 0.6) is 0 Å². The molecule has 1 aromatic heterocycles. The van der Waals surface area contributed by atoms with E-state index < -0.39 is 0 Å². The Morgan fingerprint density at radius 1 is 1.00 bits per heavy atom. The van der Waals surface area contributed by atoms with E-state index in [2.05, 4.69) is 27.4 Å². The zero-order valence-electron chi connectivity index (χ0n) is 15.2. The van der Waals surface area contributed by atoms with Crippen LogP contribution in [0.15, 0.2) is 60.9 Å². The fourth-order valence-corrected chi connectivity index (χ4v) is 2.59. The second-order valence-corrected chi connectivity index (χ2v) is 6.37. The lowest BCUT2D eigenvalue weighted by atomic mass is 10.1. The summed E-state index contributed by atoms with van der Waals surface area (Å²) in [7, 11) is 1.93. The monoisotopic (exact) mass is 346 g/mol. The fourth-order valence-electron chi connectivity index (χ4n) is 2.59. The Bertz CT molecular complexity index is 892. The third kappa shape index (κ3) is 4.25. The minimum atomic E-state index is -0.217. The number of aryl methyl sites for hydroxylation is 2. The highest BCUT2D eigenvalue weighted by Gasteiger charge is 2.10. The van der Waals surface area contributed by atoms with Crippen molar-refractivity contribution >= 4 is 17.5 Å². The molecule has 0 aliphatic carbocycles. The Balaban J connectivity index is 1.66. The van der Waals surface area contributed by atoms with Crippen LogP contribution in [0.2, 0.25) is 0 Å². The third-order valence-corrected chi connectivity index (χ3v) is 4.27. The second kappa shape index (κ2) is 7.78. The smallest absolute Gasteiger partial charge is 0.258 e. The number of carbonyl (C=O) groups excluding carboxylic acids is 1. The van der Waals surface area contributed by atoms with E-state index in [1.165, 1.54) is 11.1 Å². The molecule has 0 atom stereocenters. The quantitative estimate of drug-likeness (QED) is 0.759. The molecule has 0 saturated heterocycles. The molecule has 0 radical (unpaired) electrons. The topological polar surface area (TPSA) is 58.1 Å². The van der Waals surface area contributed by atoms with Crippen molar-refractivity contribution in [1.82, 2.24) is 9.97 Å². The van der Waals surface area contributed by atoms with Gasteiger partial charge in [-0.3, -0.25) is 4.79 Å². The molecule has 1 amide bonds. The number of benzene rings is 2. The molecular weight excluding hydrogens is 324 g/mol. The van der Waals surface area contributed by atoms with Crippen molar-refractivity contribution in [2.75, 3.05) is 17.3 Å². The molecule has 0 spiro atoms. The van der Waals surface area contributed by atoms with Gasteiger partial charge in [-0.1, -0.05) is 36.4 Å². The lowest BCUT2D eigenvalue weighted by Crippen LogP contribution is -2.20. The minimum absolute atomic E-state index is 0.217. The van der Waals surface area contributed by atoms with E-state index in [4.69, 9.17) is 0 Å². The Morgan fingerprint density at radius 2 is 1.69 bits per heavy atom. The summed E-state index contributed by atoms with van der Waals surface area (Å²) < 4.78 is 0. The maximum Gasteiger partial charge on any atom is 0.258 e. The van der Waals surface area contributed by atoms with Gasteiger partial charge in [-0.2, -0.15) is 0 Å². The van der Waals surface area contributed by atoms with Crippen molar-refractivity contribution in [1.29, 1.82) is 0 Å². The third-order valence-electron chi connectivity index (χ3n) is 4.27. The molecule has 132 valence electrons. The molecule has 0 unspecified atom stereocenters. The molecule has 26 heavy (non-hydrogen) atoms. The normalized spacial score (nSPS) is 10.4. The Morgan fingerprint density at radius 3 is 2.35 bits per heavy atom. The summed E-state index contributed by atoms with van der Waals surface area (Å²) in [6.45, 7) is 4.76. The number of aromatic nitrogens is 2. The first-order chi connectivity index (χ1) is 12.5. The van der Waals surface area contributed by atoms with Gasteiger partial charge in [0, 0.05) is 31.7 Å². The highest BCUT2D eigenvalue weighted by molar-refractivity contribution is 6.03. The summed E-state index contributed by atoms with van der Waals surface area (Å²) >= 11 is 0. The standard InChI is InChI=1S/C21H22N4O/c1-15-9-10-19(11-16(15)2)24-20(26)18-12-22-21(23-13-18)25(3)14-17-7-5-4-6-8-17/h4-13H,14H2,1-3H3,(H,24,26). The van der Waals surface area contributed by atoms with Gasteiger partial charge in [0.2, 0.25) is 5.95 Å². The van der Waals surface area contributed by atoms with Crippen LogP contribution in [-0.2, 0) is 6.54 Å². The zero-order valence-corrected chi connectivity index (χ0v) is 15.2. The van der Waals surface area contributed by atoms with Crippen LogP contribution in [0.25, 0.3) is 0 Å². The lowest BCUT2D eigenvalue weighted by molar-refractivity contribution is 0.102. The molecule has 3 rings (SSSR count). The summed E-state index contributed by atoms with van der Waals surface area (Å²) in [5.41, 5.74) is 4.70. The first-order valence-corrected chi connectivity index (χ1v) is 8.48. The molecule has 1 heterocycles. The molecule has 0 bridgehead atoms. The predicted molar refractivity (Wildman–Crippen MR) is 104 cm³/mol. The van der Waals surface area contributed by atoms with Gasteiger partial charge in [-0.25, -0.2) is 9.97 Å². The first-order valence-electron chi connectivity index (χ1n) is 8.48. The summed E-state index contributed by atoms with van der Waals surface area (Å²) in [5, 5.41) is 2.88.